The Morgan fingerprint density at radius 1 is 0.964 bits per heavy atom. The van der Waals surface area contributed by atoms with Crippen molar-refractivity contribution in [1.29, 1.82) is 0 Å². The van der Waals surface area contributed by atoms with Gasteiger partial charge in [-0.3, -0.25) is 9.59 Å². The fourth-order valence-corrected chi connectivity index (χ4v) is 4.36. The van der Waals surface area contributed by atoms with E-state index in [0.717, 1.165) is 31.5 Å². The van der Waals surface area contributed by atoms with Crippen LogP contribution in [0.3, 0.4) is 0 Å². The third-order valence-corrected chi connectivity index (χ3v) is 6.01. The van der Waals surface area contributed by atoms with Gasteiger partial charge in [0.25, 0.3) is 0 Å². The van der Waals surface area contributed by atoms with E-state index in [-0.39, 0.29) is 36.0 Å². The van der Waals surface area contributed by atoms with Gasteiger partial charge < -0.3 is 10.2 Å². The largest absolute Gasteiger partial charge is 0.352 e. The molecule has 1 N–H and O–H groups in total. The number of anilines is 1. The number of nitrogens with one attached hydrogen (secondary N) is 1. The molecule has 4 rings (SSSR count). The molecule has 1 fully saturated rings. The molecule has 1 saturated carbocycles. The van der Waals surface area contributed by atoms with Crippen LogP contribution < -0.4 is 10.2 Å². The highest BCUT2D eigenvalue weighted by Crippen LogP contribution is 2.34. The van der Waals surface area contributed by atoms with Crippen molar-refractivity contribution in [3.63, 3.8) is 0 Å². The monoisotopic (exact) mass is 380 g/mol. The molecule has 0 spiro atoms. The Morgan fingerprint density at radius 3 is 2.43 bits per heavy atom. The maximum Gasteiger partial charge on any atom is 0.230 e. The van der Waals surface area contributed by atoms with Crippen LogP contribution in [0.25, 0.3) is 0 Å². The van der Waals surface area contributed by atoms with Gasteiger partial charge in [0.1, 0.15) is 5.82 Å². The molecular weight excluding hydrogens is 355 g/mol. The standard InChI is InChI=1S/C23H25FN2O2/c24-20-7-3-1-6-19(20)15-25-22(27)17-9-11-18(12-10-17)23(28)26-14-13-16-5-2-4-8-21(16)26/h1-8,17-18H,9-15H2,(H,25,27). The van der Waals surface area contributed by atoms with E-state index in [4.69, 9.17) is 0 Å². The van der Waals surface area contributed by atoms with Crippen LogP contribution in [0, 0.1) is 17.7 Å². The average Bonchev–Trinajstić information content (AvgIpc) is 3.17. The first-order valence-electron chi connectivity index (χ1n) is 10.0. The number of benzene rings is 2. The molecule has 28 heavy (non-hydrogen) atoms. The molecule has 2 aliphatic rings. The molecule has 0 atom stereocenters. The second-order valence-corrected chi connectivity index (χ2v) is 7.73. The third kappa shape index (κ3) is 3.79. The molecule has 0 radical (unpaired) electrons. The first kappa shape index (κ1) is 18.7. The molecule has 1 heterocycles. The van der Waals surface area contributed by atoms with Crippen molar-refractivity contribution in [1.82, 2.24) is 5.32 Å². The molecule has 0 saturated heterocycles. The highest BCUT2D eigenvalue weighted by Gasteiger charge is 2.34. The van der Waals surface area contributed by atoms with Gasteiger partial charge in [0.15, 0.2) is 0 Å². The van der Waals surface area contributed by atoms with Gasteiger partial charge in [0.05, 0.1) is 0 Å². The van der Waals surface area contributed by atoms with Crippen molar-refractivity contribution < 1.29 is 14.0 Å². The SMILES string of the molecule is O=C(NCc1ccccc1F)C1CCC(C(=O)N2CCc3ccccc32)CC1. The topological polar surface area (TPSA) is 49.4 Å². The number of carbonyl (C=O) groups excluding carboxylic acids is 2. The third-order valence-electron chi connectivity index (χ3n) is 6.01. The van der Waals surface area contributed by atoms with Gasteiger partial charge in [-0.1, -0.05) is 36.4 Å². The van der Waals surface area contributed by atoms with Gasteiger partial charge in [-0.25, -0.2) is 4.39 Å². The van der Waals surface area contributed by atoms with Gasteiger partial charge in [-0.2, -0.15) is 0 Å². The lowest BCUT2D eigenvalue weighted by atomic mass is 9.81. The Hall–Kier alpha value is -2.69. The smallest absolute Gasteiger partial charge is 0.230 e. The molecule has 2 aromatic carbocycles. The van der Waals surface area contributed by atoms with Crippen molar-refractivity contribution in [2.75, 3.05) is 11.4 Å². The molecular formula is C23H25FN2O2. The van der Waals surface area contributed by atoms with E-state index >= 15 is 0 Å². The van der Waals surface area contributed by atoms with Crippen LogP contribution in [0.1, 0.15) is 36.8 Å². The molecule has 1 aliphatic heterocycles. The Kier molecular flexibility index (Phi) is 5.42. The van der Waals surface area contributed by atoms with Crippen LogP contribution in [0.15, 0.2) is 48.5 Å². The molecule has 0 bridgehead atoms. The van der Waals surface area contributed by atoms with Gasteiger partial charge in [0, 0.05) is 36.2 Å². The summed E-state index contributed by atoms with van der Waals surface area (Å²) >= 11 is 0. The summed E-state index contributed by atoms with van der Waals surface area (Å²) in [5.74, 6) is -0.262. The second-order valence-electron chi connectivity index (χ2n) is 7.73. The number of hydrogen-bond donors (Lipinski definition) is 1. The minimum atomic E-state index is -0.303. The van der Waals surface area contributed by atoms with Crippen LogP contribution in [0.5, 0.6) is 0 Å². The summed E-state index contributed by atoms with van der Waals surface area (Å²) in [7, 11) is 0. The first-order chi connectivity index (χ1) is 13.6. The lowest BCUT2D eigenvalue weighted by Gasteiger charge is -2.30. The Bertz CT molecular complexity index is 874. The fraction of sp³-hybridized carbons (Fsp3) is 0.391. The van der Waals surface area contributed by atoms with Crippen LogP contribution in [-0.2, 0) is 22.6 Å². The molecule has 0 unspecified atom stereocenters. The highest BCUT2D eigenvalue weighted by atomic mass is 19.1. The quantitative estimate of drug-likeness (QED) is 0.876. The maximum atomic E-state index is 13.7. The molecule has 2 aromatic rings. The van der Waals surface area contributed by atoms with Crippen molar-refractivity contribution in [3.8, 4) is 0 Å². The maximum absolute atomic E-state index is 13.7. The Balaban J connectivity index is 1.29. The van der Waals surface area contributed by atoms with E-state index < -0.39 is 0 Å². The zero-order chi connectivity index (χ0) is 19.5. The Labute approximate surface area is 164 Å². The van der Waals surface area contributed by atoms with Crippen LogP contribution in [0.2, 0.25) is 0 Å². The number of rotatable bonds is 4. The predicted molar refractivity (Wildman–Crippen MR) is 106 cm³/mol. The predicted octanol–water partition coefficient (Wildman–Crippen LogP) is 3.84. The lowest BCUT2D eigenvalue weighted by molar-refractivity contribution is -0.129. The lowest BCUT2D eigenvalue weighted by Crippen LogP contribution is -2.39. The van der Waals surface area contributed by atoms with E-state index in [9.17, 15) is 14.0 Å². The minimum absolute atomic E-state index is 0.0122. The second kappa shape index (κ2) is 8.13. The number of amides is 2. The summed E-state index contributed by atoms with van der Waals surface area (Å²) in [4.78, 5) is 27.3. The average molecular weight is 380 g/mol. The number of fused-ring (bicyclic) bond motifs is 1. The van der Waals surface area contributed by atoms with E-state index in [1.807, 2.05) is 23.1 Å². The summed E-state index contributed by atoms with van der Waals surface area (Å²) in [5, 5.41) is 2.85. The van der Waals surface area contributed by atoms with Gasteiger partial charge in [-0.15, -0.1) is 0 Å². The van der Waals surface area contributed by atoms with E-state index in [1.165, 1.54) is 11.6 Å². The van der Waals surface area contributed by atoms with Crippen molar-refractivity contribution >= 4 is 17.5 Å². The number of hydrogen-bond acceptors (Lipinski definition) is 2. The van der Waals surface area contributed by atoms with Gasteiger partial charge >= 0.3 is 0 Å². The normalized spacial score (nSPS) is 21.2. The molecule has 1 aliphatic carbocycles. The van der Waals surface area contributed by atoms with Crippen LogP contribution in [0.4, 0.5) is 10.1 Å². The van der Waals surface area contributed by atoms with Crippen molar-refractivity contribution in [2.24, 2.45) is 11.8 Å². The highest BCUT2D eigenvalue weighted by molar-refractivity contribution is 5.97. The summed E-state index contributed by atoms with van der Waals surface area (Å²) in [6.45, 7) is 0.955. The van der Waals surface area contributed by atoms with Gasteiger partial charge in [-0.05, 0) is 49.8 Å². The van der Waals surface area contributed by atoms with E-state index in [0.29, 0.717) is 18.4 Å². The molecule has 0 aromatic heterocycles. The van der Waals surface area contributed by atoms with Crippen LogP contribution >= 0.6 is 0 Å². The van der Waals surface area contributed by atoms with Crippen molar-refractivity contribution in [2.45, 2.75) is 38.6 Å². The van der Waals surface area contributed by atoms with Crippen LogP contribution in [-0.4, -0.2) is 18.4 Å². The number of nitrogens with zero attached hydrogens (tertiary/aromatic N) is 1. The summed E-state index contributed by atoms with van der Waals surface area (Å²) in [6.07, 6.45) is 3.78. The molecule has 5 heteroatoms. The zero-order valence-corrected chi connectivity index (χ0v) is 15.9. The fourth-order valence-electron chi connectivity index (χ4n) is 4.36. The molecule has 4 nitrogen and oxygen atoms in total. The summed E-state index contributed by atoms with van der Waals surface area (Å²) in [5.41, 5.74) is 2.77. The molecule has 146 valence electrons. The minimum Gasteiger partial charge on any atom is -0.352 e. The summed E-state index contributed by atoms with van der Waals surface area (Å²) < 4.78 is 13.7. The van der Waals surface area contributed by atoms with Gasteiger partial charge in [0.2, 0.25) is 11.8 Å². The number of halogens is 1. The van der Waals surface area contributed by atoms with E-state index in [2.05, 4.69) is 11.4 Å². The Morgan fingerprint density at radius 2 is 1.64 bits per heavy atom. The zero-order valence-electron chi connectivity index (χ0n) is 15.9. The van der Waals surface area contributed by atoms with Crippen molar-refractivity contribution in [3.05, 3.63) is 65.5 Å². The summed E-state index contributed by atoms with van der Waals surface area (Å²) in [6, 6.07) is 14.6. The van der Waals surface area contributed by atoms with E-state index in [1.54, 1.807) is 18.2 Å². The number of carbonyl (C=O) groups is 2. The number of para-hydroxylation sites is 1. The first-order valence-corrected chi connectivity index (χ1v) is 10.0. The molecule has 2 amide bonds.